The summed E-state index contributed by atoms with van der Waals surface area (Å²) in [5.74, 6) is -1.23. The Bertz CT molecular complexity index is 387. The van der Waals surface area contributed by atoms with E-state index in [0.717, 1.165) is 6.07 Å². The summed E-state index contributed by atoms with van der Waals surface area (Å²) in [5.41, 5.74) is -1.50. The van der Waals surface area contributed by atoms with Crippen LogP contribution in [0, 0.1) is 17.3 Å². The molecule has 0 unspecified atom stereocenters. The Morgan fingerprint density at radius 1 is 1.57 bits per heavy atom. The summed E-state index contributed by atoms with van der Waals surface area (Å²) in [7, 11) is 0. The molecule has 1 heterocycles. The highest BCUT2D eigenvalue weighted by molar-refractivity contribution is 5.37. The summed E-state index contributed by atoms with van der Waals surface area (Å²) in [6.07, 6.45) is -2.94. The number of aromatic nitrogens is 1. The molecule has 3 nitrogen and oxygen atoms in total. The summed E-state index contributed by atoms with van der Waals surface area (Å²) < 4.78 is 37.1. The van der Waals surface area contributed by atoms with E-state index in [1.807, 2.05) is 0 Å². The van der Waals surface area contributed by atoms with E-state index in [4.69, 9.17) is 10.4 Å². The summed E-state index contributed by atoms with van der Waals surface area (Å²) in [5, 5.41) is 17.1. The number of hydrogen-bond acceptors (Lipinski definition) is 3. The fourth-order valence-corrected chi connectivity index (χ4v) is 0.921. The normalized spacial score (nSPS) is 10.3. The van der Waals surface area contributed by atoms with Gasteiger partial charge in [-0.15, -0.1) is 0 Å². The maximum Gasteiger partial charge on any atom is 0.280 e. The number of halogens is 3. The van der Waals surface area contributed by atoms with Gasteiger partial charge in [-0.05, 0) is 6.07 Å². The van der Waals surface area contributed by atoms with Gasteiger partial charge in [0.25, 0.3) is 6.43 Å². The highest BCUT2D eigenvalue weighted by Gasteiger charge is 2.16. The van der Waals surface area contributed by atoms with Gasteiger partial charge in [0.1, 0.15) is 5.69 Å². The van der Waals surface area contributed by atoms with Crippen LogP contribution in [0.15, 0.2) is 6.07 Å². The fraction of sp³-hybridized carbons (Fsp3) is 0.250. The number of aliphatic hydroxyl groups is 1. The van der Waals surface area contributed by atoms with Crippen molar-refractivity contribution in [3.63, 3.8) is 0 Å². The second kappa shape index (κ2) is 4.07. The third-order valence-corrected chi connectivity index (χ3v) is 1.60. The maximum atomic E-state index is 12.9. The van der Waals surface area contributed by atoms with E-state index < -0.39 is 24.7 Å². The molecule has 0 aliphatic heterocycles. The molecule has 0 radical (unpaired) electrons. The number of nitriles is 1. The maximum absolute atomic E-state index is 12.9. The van der Waals surface area contributed by atoms with E-state index in [1.165, 1.54) is 6.07 Å². The first-order valence-corrected chi connectivity index (χ1v) is 3.58. The van der Waals surface area contributed by atoms with Crippen LogP contribution in [0.5, 0.6) is 0 Å². The molecule has 0 aromatic carbocycles. The number of rotatable bonds is 2. The predicted octanol–water partition coefficient (Wildman–Crippen LogP) is 1.52. The average molecular weight is 202 g/mol. The van der Waals surface area contributed by atoms with Crippen LogP contribution in [0.4, 0.5) is 13.2 Å². The molecule has 0 atom stereocenters. The standard InChI is InChI=1S/C8H5F3N2O/c9-7(10)6-1-4(2-12)5(3-14)8(11)13-6/h1,7,14H,3H2. The van der Waals surface area contributed by atoms with Gasteiger partial charge >= 0.3 is 0 Å². The van der Waals surface area contributed by atoms with Gasteiger partial charge in [0.2, 0.25) is 5.95 Å². The minimum absolute atomic E-state index is 0.324. The van der Waals surface area contributed by atoms with Crippen LogP contribution in [-0.4, -0.2) is 10.1 Å². The van der Waals surface area contributed by atoms with Crippen molar-refractivity contribution < 1.29 is 18.3 Å². The predicted molar refractivity (Wildman–Crippen MR) is 39.8 cm³/mol. The van der Waals surface area contributed by atoms with E-state index in [2.05, 4.69) is 4.98 Å². The largest absolute Gasteiger partial charge is 0.391 e. The van der Waals surface area contributed by atoms with Gasteiger partial charge in [0.05, 0.1) is 23.8 Å². The molecule has 6 heteroatoms. The van der Waals surface area contributed by atoms with E-state index >= 15 is 0 Å². The third kappa shape index (κ3) is 1.83. The Morgan fingerprint density at radius 2 is 2.21 bits per heavy atom. The molecule has 0 aliphatic carbocycles. The monoisotopic (exact) mass is 202 g/mol. The van der Waals surface area contributed by atoms with Crippen LogP contribution in [0.1, 0.15) is 23.2 Å². The Balaban J connectivity index is 3.33. The molecular formula is C8H5F3N2O. The second-order valence-corrected chi connectivity index (χ2v) is 2.43. The lowest BCUT2D eigenvalue weighted by molar-refractivity contribution is 0.144. The van der Waals surface area contributed by atoms with E-state index in [0.29, 0.717) is 0 Å². The zero-order valence-corrected chi connectivity index (χ0v) is 6.84. The van der Waals surface area contributed by atoms with Crippen molar-refractivity contribution in [3.8, 4) is 6.07 Å². The van der Waals surface area contributed by atoms with Crippen molar-refractivity contribution in [2.75, 3.05) is 0 Å². The zero-order chi connectivity index (χ0) is 10.7. The summed E-state index contributed by atoms with van der Waals surface area (Å²) in [6.45, 7) is -0.745. The molecule has 0 fully saturated rings. The van der Waals surface area contributed by atoms with Gasteiger partial charge in [0, 0.05) is 0 Å². The number of pyridine rings is 1. The molecule has 0 bridgehead atoms. The van der Waals surface area contributed by atoms with Crippen molar-refractivity contribution in [3.05, 3.63) is 28.8 Å². The quantitative estimate of drug-likeness (QED) is 0.739. The molecule has 74 valence electrons. The Labute approximate surface area is 77.4 Å². The van der Waals surface area contributed by atoms with Gasteiger partial charge in [-0.25, -0.2) is 13.8 Å². The smallest absolute Gasteiger partial charge is 0.280 e. The molecule has 0 saturated heterocycles. The molecule has 0 saturated carbocycles. The minimum Gasteiger partial charge on any atom is -0.391 e. The summed E-state index contributed by atoms with van der Waals surface area (Å²) >= 11 is 0. The van der Waals surface area contributed by atoms with Gasteiger partial charge in [-0.3, -0.25) is 0 Å². The van der Waals surface area contributed by atoms with Crippen molar-refractivity contribution in [1.82, 2.24) is 4.98 Å². The van der Waals surface area contributed by atoms with Crippen LogP contribution in [0.3, 0.4) is 0 Å². The van der Waals surface area contributed by atoms with Crippen molar-refractivity contribution in [1.29, 1.82) is 5.26 Å². The first-order chi connectivity index (χ1) is 6.60. The van der Waals surface area contributed by atoms with Crippen LogP contribution in [0.25, 0.3) is 0 Å². The van der Waals surface area contributed by atoms with Gasteiger partial charge < -0.3 is 5.11 Å². The fourth-order valence-electron chi connectivity index (χ4n) is 0.921. The van der Waals surface area contributed by atoms with E-state index in [1.54, 1.807) is 0 Å². The zero-order valence-electron chi connectivity index (χ0n) is 6.84. The van der Waals surface area contributed by atoms with Crippen LogP contribution >= 0.6 is 0 Å². The van der Waals surface area contributed by atoms with Crippen LogP contribution in [0.2, 0.25) is 0 Å². The molecule has 0 spiro atoms. The molecule has 0 aliphatic rings. The Kier molecular flexibility index (Phi) is 3.04. The van der Waals surface area contributed by atoms with E-state index in [-0.39, 0.29) is 11.1 Å². The van der Waals surface area contributed by atoms with Crippen molar-refractivity contribution in [2.24, 2.45) is 0 Å². The molecule has 14 heavy (non-hydrogen) atoms. The number of alkyl halides is 2. The molecule has 0 amide bonds. The number of hydrogen-bond donors (Lipinski definition) is 1. The summed E-state index contributed by atoms with van der Waals surface area (Å²) in [6, 6.07) is 2.27. The Hall–Kier alpha value is -1.61. The first kappa shape index (κ1) is 10.5. The molecule has 1 rings (SSSR count). The van der Waals surface area contributed by atoms with Crippen molar-refractivity contribution >= 4 is 0 Å². The molecule has 1 aromatic heterocycles. The second-order valence-electron chi connectivity index (χ2n) is 2.43. The lowest BCUT2D eigenvalue weighted by atomic mass is 10.1. The minimum atomic E-state index is -2.94. The lowest BCUT2D eigenvalue weighted by Gasteiger charge is -2.04. The van der Waals surface area contributed by atoms with Gasteiger partial charge in [-0.1, -0.05) is 0 Å². The topological polar surface area (TPSA) is 56.9 Å². The van der Waals surface area contributed by atoms with Crippen molar-refractivity contribution in [2.45, 2.75) is 13.0 Å². The first-order valence-electron chi connectivity index (χ1n) is 3.58. The van der Waals surface area contributed by atoms with Crippen LogP contribution in [-0.2, 0) is 6.61 Å². The lowest BCUT2D eigenvalue weighted by Crippen LogP contribution is -2.02. The molecule has 1 N–H and O–H groups in total. The summed E-state index contributed by atoms with van der Waals surface area (Å²) in [4.78, 5) is 2.92. The van der Waals surface area contributed by atoms with E-state index in [9.17, 15) is 13.2 Å². The molecular weight excluding hydrogens is 197 g/mol. The third-order valence-electron chi connectivity index (χ3n) is 1.60. The Morgan fingerprint density at radius 3 is 2.64 bits per heavy atom. The SMILES string of the molecule is N#Cc1cc(C(F)F)nc(F)c1CO. The average Bonchev–Trinajstić information content (AvgIpc) is 2.16. The number of aliphatic hydroxyl groups excluding tert-OH is 1. The van der Waals surface area contributed by atoms with Crippen LogP contribution < -0.4 is 0 Å². The van der Waals surface area contributed by atoms with Gasteiger partial charge in [-0.2, -0.15) is 9.65 Å². The highest BCUT2D eigenvalue weighted by atomic mass is 19.3. The highest BCUT2D eigenvalue weighted by Crippen LogP contribution is 2.20. The molecule has 1 aromatic rings. The van der Waals surface area contributed by atoms with Gasteiger partial charge in [0.15, 0.2) is 0 Å². The number of nitrogens with zero attached hydrogens (tertiary/aromatic N) is 2.